The number of hydrogen-bond donors (Lipinski definition) is 1. The zero-order chi connectivity index (χ0) is 17.3. The quantitative estimate of drug-likeness (QED) is 0.926. The Bertz CT molecular complexity index is 768. The number of hydrogen-bond acceptors (Lipinski definition) is 3. The van der Waals surface area contributed by atoms with Gasteiger partial charge in [-0.05, 0) is 30.5 Å². The van der Waals surface area contributed by atoms with E-state index in [1.807, 2.05) is 6.07 Å². The molecule has 0 unspecified atom stereocenters. The maximum atomic E-state index is 12.7. The van der Waals surface area contributed by atoms with Crippen LogP contribution in [0.5, 0.6) is 0 Å². The van der Waals surface area contributed by atoms with Crippen molar-refractivity contribution in [3.05, 3.63) is 52.3 Å². The standard InChI is InChI=1S/C17H18ClN3O3/c1-20-15(14(18)9-19-20)16(22)21-7-3-6-13(10-21)11-4-2-5-12(8-11)17(23)24/h2,4-5,8-9,13H,3,6-7,10H2,1H3,(H,23,24)/t13-/m1/s1. The van der Waals surface area contributed by atoms with Crippen LogP contribution >= 0.6 is 11.6 Å². The first-order valence-corrected chi connectivity index (χ1v) is 8.15. The highest BCUT2D eigenvalue weighted by Gasteiger charge is 2.28. The second kappa shape index (κ2) is 6.65. The number of carboxylic acid groups (broad SMARTS) is 1. The van der Waals surface area contributed by atoms with E-state index in [0.717, 1.165) is 18.4 Å². The maximum Gasteiger partial charge on any atom is 0.335 e. The minimum atomic E-state index is -0.942. The number of halogens is 1. The monoisotopic (exact) mass is 347 g/mol. The van der Waals surface area contributed by atoms with Crippen LogP contribution in [0.2, 0.25) is 5.02 Å². The first kappa shape index (κ1) is 16.5. The highest BCUT2D eigenvalue weighted by Crippen LogP contribution is 2.29. The van der Waals surface area contributed by atoms with E-state index in [9.17, 15) is 9.59 Å². The molecule has 1 aliphatic heterocycles. The number of aromatic carboxylic acids is 1. The van der Waals surface area contributed by atoms with Crippen LogP contribution in [0, 0.1) is 0 Å². The molecule has 0 saturated carbocycles. The smallest absolute Gasteiger partial charge is 0.335 e. The Kier molecular flexibility index (Phi) is 4.57. The van der Waals surface area contributed by atoms with E-state index < -0.39 is 5.97 Å². The maximum absolute atomic E-state index is 12.7. The van der Waals surface area contributed by atoms with Gasteiger partial charge in [-0.25, -0.2) is 4.79 Å². The van der Waals surface area contributed by atoms with Crippen molar-refractivity contribution in [1.29, 1.82) is 0 Å². The molecule has 6 nitrogen and oxygen atoms in total. The Morgan fingerprint density at radius 2 is 2.17 bits per heavy atom. The Labute approximate surface area is 144 Å². The zero-order valence-electron chi connectivity index (χ0n) is 13.3. The SMILES string of the molecule is Cn1ncc(Cl)c1C(=O)N1CCC[C@@H](c2cccc(C(=O)O)c2)C1. The van der Waals surface area contributed by atoms with Gasteiger partial charge in [0.15, 0.2) is 0 Å². The van der Waals surface area contributed by atoms with Crippen molar-refractivity contribution in [3.63, 3.8) is 0 Å². The molecule has 7 heteroatoms. The predicted molar refractivity (Wildman–Crippen MR) is 89.5 cm³/mol. The summed E-state index contributed by atoms with van der Waals surface area (Å²) in [6.45, 7) is 1.21. The molecule has 1 aromatic carbocycles. The van der Waals surface area contributed by atoms with E-state index in [4.69, 9.17) is 16.7 Å². The van der Waals surface area contributed by atoms with Gasteiger partial charge < -0.3 is 10.0 Å². The molecule has 0 radical (unpaired) electrons. The van der Waals surface area contributed by atoms with Gasteiger partial charge in [0.05, 0.1) is 16.8 Å². The number of likely N-dealkylation sites (tertiary alicyclic amines) is 1. The van der Waals surface area contributed by atoms with E-state index in [-0.39, 0.29) is 17.4 Å². The summed E-state index contributed by atoms with van der Waals surface area (Å²) in [6, 6.07) is 6.94. The molecule has 1 atom stereocenters. The lowest BCUT2D eigenvalue weighted by molar-refractivity contribution is 0.0683. The van der Waals surface area contributed by atoms with E-state index in [1.165, 1.54) is 10.9 Å². The van der Waals surface area contributed by atoms with Crippen LogP contribution in [0.15, 0.2) is 30.5 Å². The number of carboxylic acids is 1. The number of carbonyl (C=O) groups excluding carboxylic acids is 1. The van der Waals surface area contributed by atoms with E-state index in [2.05, 4.69) is 5.10 Å². The van der Waals surface area contributed by atoms with Gasteiger partial charge in [-0.15, -0.1) is 0 Å². The van der Waals surface area contributed by atoms with Crippen LogP contribution in [-0.2, 0) is 7.05 Å². The largest absolute Gasteiger partial charge is 0.478 e. The Morgan fingerprint density at radius 1 is 1.38 bits per heavy atom. The van der Waals surface area contributed by atoms with Crippen LogP contribution in [0.25, 0.3) is 0 Å². The third kappa shape index (κ3) is 3.14. The minimum absolute atomic E-state index is 0.119. The molecule has 0 bridgehead atoms. The molecular weight excluding hydrogens is 330 g/mol. The van der Waals surface area contributed by atoms with Crippen molar-refractivity contribution >= 4 is 23.5 Å². The predicted octanol–water partition coefficient (Wildman–Crippen LogP) is 2.79. The van der Waals surface area contributed by atoms with Gasteiger partial charge >= 0.3 is 5.97 Å². The fourth-order valence-electron chi connectivity index (χ4n) is 3.16. The van der Waals surface area contributed by atoms with Gasteiger partial charge in [-0.1, -0.05) is 23.7 Å². The Hall–Kier alpha value is -2.34. The Balaban J connectivity index is 1.81. The molecule has 1 saturated heterocycles. The molecular formula is C17H18ClN3O3. The van der Waals surface area contributed by atoms with Gasteiger partial charge in [-0.2, -0.15) is 5.10 Å². The van der Waals surface area contributed by atoms with Crippen LogP contribution in [-0.4, -0.2) is 44.8 Å². The minimum Gasteiger partial charge on any atom is -0.478 e. The van der Waals surface area contributed by atoms with Crippen LogP contribution in [0.4, 0.5) is 0 Å². The van der Waals surface area contributed by atoms with Gasteiger partial charge in [0, 0.05) is 26.1 Å². The highest BCUT2D eigenvalue weighted by atomic mass is 35.5. The van der Waals surface area contributed by atoms with Gasteiger partial charge in [0.2, 0.25) is 0 Å². The third-order valence-corrected chi connectivity index (χ3v) is 4.69. The van der Waals surface area contributed by atoms with E-state index in [1.54, 1.807) is 30.1 Å². The molecule has 3 rings (SSSR count). The average molecular weight is 348 g/mol. The normalized spacial score (nSPS) is 17.8. The van der Waals surface area contributed by atoms with Crippen molar-refractivity contribution in [2.75, 3.05) is 13.1 Å². The lowest BCUT2D eigenvalue weighted by Crippen LogP contribution is -2.40. The number of amides is 1. The summed E-state index contributed by atoms with van der Waals surface area (Å²) < 4.78 is 1.49. The second-order valence-electron chi connectivity index (χ2n) is 5.99. The molecule has 24 heavy (non-hydrogen) atoms. The number of aryl methyl sites for hydroxylation is 1. The van der Waals surface area contributed by atoms with Gasteiger partial charge in [0.25, 0.3) is 5.91 Å². The molecule has 1 fully saturated rings. The number of benzene rings is 1. The number of nitrogens with zero attached hydrogens (tertiary/aromatic N) is 3. The van der Waals surface area contributed by atoms with Crippen LogP contribution < -0.4 is 0 Å². The van der Waals surface area contributed by atoms with Crippen molar-refractivity contribution in [3.8, 4) is 0 Å². The lowest BCUT2D eigenvalue weighted by atomic mass is 9.89. The Morgan fingerprint density at radius 3 is 2.83 bits per heavy atom. The summed E-state index contributed by atoms with van der Waals surface area (Å²) in [6.07, 6.45) is 3.25. The number of rotatable bonds is 3. The molecule has 1 N–H and O–H groups in total. The summed E-state index contributed by atoms with van der Waals surface area (Å²) >= 11 is 6.07. The second-order valence-corrected chi connectivity index (χ2v) is 6.39. The van der Waals surface area contributed by atoms with Crippen LogP contribution in [0.1, 0.15) is 45.2 Å². The first-order chi connectivity index (χ1) is 11.5. The van der Waals surface area contributed by atoms with Crippen molar-refractivity contribution < 1.29 is 14.7 Å². The molecule has 1 amide bonds. The summed E-state index contributed by atoms with van der Waals surface area (Å²) in [5, 5.41) is 13.5. The zero-order valence-corrected chi connectivity index (χ0v) is 14.0. The van der Waals surface area contributed by atoms with E-state index >= 15 is 0 Å². The molecule has 1 aliphatic rings. The third-order valence-electron chi connectivity index (χ3n) is 4.41. The number of aromatic nitrogens is 2. The number of piperidine rings is 1. The summed E-state index contributed by atoms with van der Waals surface area (Å²) in [4.78, 5) is 25.7. The number of carbonyl (C=O) groups is 2. The van der Waals surface area contributed by atoms with Crippen LogP contribution in [0.3, 0.4) is 0 Å². The topological polar surface area (TPSA) is 75.4 Å². The average Bonchev–Trinajstić information content (AvgIpc) is 2.93. The summed E-state index contributed by atoms with van der Waals surface area (Å²) in [7, 11) is 1.69. The van der Waals surface area contributed by atoms with Crippen molar-refractivity contribution in [1.82, 2.24) is 14.7 Å². The van der Waals surface area contributed by atoms with Crippen molar-refractivity contribution in [2.24, 2.45) is 7.05 Å². The molecule has 0 spiro atoms. The molecule has 0 aliphatic carbocycles. The van der Waals surface area contributed by atoms with Gasteiger partial charge in [-0.3, -0.25) is 9.48 Å². The highest BCUT2D eigenvalue weighted by molar-refractivity contribution is 6.33. The van der Waals surface area contributed by atoms with Gasteiger partial charge in [0.1, 0.15) is 5.69 Å². The summed E-state index contributed by atoms with van der Waals surface area (Å²) in [5.74, 6) is -0.963. The van der Waals surface area contributed by atoms with E-state index in [0.29, 0.717) is 23.8 Å². The molecule has 1 aromatic heterocycles. The molecule has 2 aromatic rings. The fourth-order valence-corrected chi connectivity index (χ4v) is 3.41. The molecule has 126 valence electrons. The van der Waals surface area contributed by atoms with Crippen molar-refractivity contribution in [2.45, 2.75) is 18.8 Å². The first-order valence-electron chi connectivity index (χ1n) is 7.77. The lowest BCUT2D eigenvalue weighted by Gasteiger charge is -2.33. The fraction of sp³-hybridized carbons (Fsp3) is 0.353. The summed E-state index contributed by atoms with van der Waals surface area (Å²) in [5.41, 5.74) is 1.60. The molecule has 2 heterocycles.